The highest BCUT2D eigenvalue weighted by Crippen LogP contribution is 2.35. The normalized spacial score (nSPS) is 14.8. The Bertz CT molecular complexity index is 885. The van der Waals surface area contributed by atoms with Crippen LogP contribution in [0.5, 0.6) is 0 Å². The summed E-state index contributed by atoms with van der Waals surface area (Å²) < 4.78 is 10.3. The molecule has 36 heavy (non-hydrogen) atoms. The Balaban J connectivity index is 2.30. The second-order valence-electron chi connectivity index (χ2n) is 9.62. The molecule has 0 spiro atoms. The minimum absolute atomic E-state index is 0.0367. The van der Waals surface area contributed by atoms with Crippen molar-refractivity contribution in [3.05, 3.63) is 35.9 Å². The molecule has 1 saturated carbocycles. The van der Waals surface area contributed by atoms with Crippen molar-refractivity contribution in [2.75, 3.05) is 25.2 Å². The molecule has 2 N–H and O–H groups in total. The number of ether oxygens (including phenoxy) is 2. The molecule has 1 aliphatic carbocycles. The predicted molar refractivity (Wildman–Crippen MR) is 139 cm³/mol. The van der Waals surface area contributed by atoms with Crippen molar-refractivity contribution in [3.63, 3.8) is 0 Å². The van der Waals surface area contributed by atoms with Crippen LogP contribution in [0.1, 0.15) is 65.0 Å². The van der Waals surface area contributed by atoms with E-state index in [9.17, 15) is 19.2 Å². The first-order chi connectivity index (χ1) is 17.1. The number of nitrogens with zero attached hydrogens (tertiary/aromatic N) is 1. The minimum atomic E-state index is -0.898. The van der Waals surface area contributed by atoms with Gasteiger partial charge in [-0.25, -0.2) is 4.79 Å². The summed E-state index contributed by atoms with van der Waals surface area (Å²) >= 11 is 1.57. The third-order valence-corrected chi connectivity index (χ3v) is 6.01. The van der Waals surface area contributed by atoms with E-state index in [4.69, 9.17) is 9.47 Å². The van der Waals surface area contributed by atoms with Gasteiger partial charge in [0.1, 0.15) is 17.7 Å². The Hall–Kier alpha value is -2.75. The van der Waals surface area contributed by atoms with Crippen molar-refractivity contribution >= 4 is 35.6 Å². The van der Waals surface area contributed by atoms with E-state index in [0.29, 0.717) is 17.7 Å². The second-order valence-corrected chi connectivity index (χ2v) is 10.6. The smallest absolute Gasteiger partial charge is 0.408 e. The number of hydrogen-bond donors (Lipinski definition) is 2. The van der Waals surface area contributed by atoms with Crippen molar-refractivity contribution in [2.24, 2.45) is 0 Å². The van der Waals surface area contributed by atoms with Crippen molar-refractivity contribution in [2.45, 2.75) is 77.1 Å². The van der Waals surface area contributed by atoms with E-state index >= 15 is 0 Å². The monoisotopic (exact) mass is 521 g/mol. The SMILES string of the molecule is CCOC(=O)CCNC(=O)C(c1ccccc1)N(C(=O)C(CCSC)NC(=O)OC(C)(C)C)C1CC1. The number of amides is 3. The first-order valence-electron chi connectivity index (χ1n) is 12.4. The molecule has 3 amide bonds. The Morgan fingerprint density at radius 2 is 1.81 bits per heavy atom. The lowest BCUT2D eigenvalue weighted by atomic mass is 10.0. The number of benzene rings is 1. The summed E-state index contributed by atoms with van der Waals surface area (Å²) in [6.07, 6.45) is 3.23. The first-order valence-corrected chi connectivity index (χ1v) is 13.8. The number of alkyl carbamates (subject to hydrolysis) is 1. The Kier molecular flexibility index (Phi) is 11.6. The Morgan fingerprint density at radius 3 is 2.36 bits per heavy atom. The molecule has 1 aromatic rings. The number of rotatable bonds is 13. The molecule has 0 aliphatic heterocycles. The van der Waals surface area contributed by atoms with Gasteiger partial charge in [-0.3, -0.25) is 14.4 Å². The van der Waals surface area contributed by atoms with E-state index in [1.165, 1.54) is 0 Å². The number of carbonyl (C=O) groups excluding carboxylic acids is 4. The third-order valence-electron chi connectivity index (χ3n) is 5.37. The molecule has 9 nitrogen and oxygen atoms in total. The van der Waals surface area contributed by atoms with Gasteiger partial charge in [0.15, 0.2) is 0 Å². The van der Waals surface area contributed by atoms with E-state index in [1.54, 1.807) is 56.5 Å². The van der Waals surface area contributed by atoms with Gasteiger partial charge in [-0.15, -0.1) is 0 Å². The number of carbonyl (C=O) groups is 4. The quantitative estimate of drug-likeness (QED) is 0.382. The van der Waals surface area contributed by atoms with Crippen LogP contribution < -0.4 is 10.6 Å². The van der Waals surface area contributed by atoms with E-state index in [0.717, 1.165) is 12.8 Å². The highest BCUT2D eigenvalue weighted by molar-refractivity contribution is 7.98. The zero-order valence-corrected chi connectivity index (χ0v) is 22.7. The van der Waals surface area contributed by atoms with Crippen LogP contribution in [-0.4, -0.2) is 71.6 Å². The maximum atomic E-state index is 13.9. The van der Waals surface area contributed by atoms with Crippen LogP contribution >= 0.6 is 11.8 Å². The van der Waals surface area contributed by atoms with Gasteiger partial charge in [0.25, 0.3) is 0 Å². The lowest BCUT2D eigenvalue weighted by molar-refractivity contribution is -0.144. The van der Waals surface area contributed by atoms with E-state index < -0.39 is 29.7 Å². The summed E-state index contributed by atoms with van der Waals surface area (Å²) in [5.41, 5.74) is -0.0501. The maximum Gasteiger partial charge on any atom is 0.408 e. The zero-order valence-electron chi connectivity index (χ0n) is 21.9. The fourth-order valence-electron chi connectivity index (χ4n) is 3.68. The average Bonchev–Trinajstić information content (AvgIpc) is 3.64. The average molecular weight is 522 g/mol. The van der Waals surface area contributed by atoms with Crippen molar-refractivity contribution < 1.29 is 28.7 Å². The van der Waals surface area contributed by atoms with Crippen LogP contribution in [0.3, 0.4) is 0 Å². The first kappa shape index (κ1) is 29.5. The van der Waals surface area contributed by atoms with Gasteiger partial charge in [-0.05, 0) is 64.5 Å². The van der Waals surface area contributed by atoms with Crippen LogP contribution in [-0.2, 0) is 23.9 Å². The highest BCUT2D eigenvalue weighted by atomic mass is 32.2. The standard InChI is InChI=1S/C26H39N3O6S/c1-6-34-21(30)14-16-27-23(31)22(18-10-8-7-9-11-18)29(19-12-13-19)24(32)20(15-17-36-5)28-25(33)35-26(2,3)4/h7-11,19-20,22H,6,12-17H2,1-5H3,(H,27,31)(H,28,33). The lowest BCUT2D eigenvalue weighted by Gasteiger charge is -2.34. The van der Waals surface area contributed by atoms with Gasteiger partial charge in [0.05, 0.1) is 13.0 Å². The molecule has 1 aliphatic rings. The van der Waals surface area contributed by atoms with Crippen molar-refractivity contribution in [1.82, 2.24) is 15.5 Å². The summed E-state index contributed by atoms with van der Waals surface area (Å²) in [6, 6.07) is 7.22. The molecule has 2 rings (SSSR count). The molecule has 2 unspecified atom stereocenters. The Morgan fingerprint density at radius 1 is 1.14 bits per heavy atom. The van der Waals surface area contributed by atoms with Gasteiger partial charge in [-0.1, -0.05) is 30.3 Å². The summed E-state index contributed by atoms with van der Waals surface area (Å²) in [5, 5.41) is 5.52. The van der Waals surface area contributed by atoms with Crippen molar-refractivity contribution in [1.29, 1.82) is 0 Å². The molecule has 1 fully saturated rings. The molecule has 200 valence electrons. The molecular formula is C26H39N3O6S. The third kappa shape index (κ3) is 9.72. The topological polar surface area (TPSA) is 114 Å². The molecule has 0 aromatic heterocycles. The van der Waals surface area contributed by atoms with Gasteiger partial charge >= 0.3 is 12.1 Å². The molecule has 0 bridgehead atoms. The summed E-state index contributed by atoms with van der Waals surface area (Å²) in [4.78, 5) is 53.2. The van der Waals surface area contributed by atoms with Gasteiger partial charge in [0.2, 0.25) is 11.8 Å². The molecule has 0 saturated heterocycles. The number of thioether (sulfide) groups is 1. The molecule has 0 heterocycles. The molecular weight excluding hydrogens is 482 g/mol. The van der Waals surface area contributed by atoms with E-state index in [1.807, 2.05) is 24.5 Å². The van der Waals surface area contributed by atoms with Crippen LogP contribution in [0.25, 0.3) is 0 Å². The molecule has 2 atom stereocenters. The molecule has 0 radical (unpaired) electrons. The largest absolute Gasteiger partial charge is 0.466 e. The van der Waals surface area contributed by atoms with Crippen molar-refractivity contribution in [3.8, 4) is 0 Å². The van der Waals surface area contributed by atoms with Gasteiger partial charge in [0, 0.05) is 12.6 Å². The van der Waals surface area contributed by atoms with E-state index in [-0.39, 0.29) is 37.4 Å². The number of nitrogens with one attached hydrogen (secondary N) is 2. The summed E-state index contributed by atoms with van der Waals surface area (Å²) in [7, 11) is 0. The lowest BCUT2D eigenvalue weighted by Crippen LogP contribution is -2.54. The van der Waals surface area contributed by atoms with Gasteiger partial charge in [-0.2, -0.15) is 11.8 Å². The number of esters is 1. The Labute approximate surface area is 218 Å². The minimum Gasteiger partial charge on any atom is -0.466 e. The molecule has 1 aromatic carbocycles. The van der Waals surface area contributed by atoms with Crippen LogP contribution in [0.4, 0.5) is 4.79 Å². The van der Waals surface area contributed by atoms with Gasteiger partial charge < -0.3 is 25.0 Å². The van der Waals surface area contributed by atoms with Crippen LogP contribution in [0, 0.1) is 0 Å². The summed E-state index contributed by atoms with van der Waals surface area (Å²) in [5.74, 6) is -0.465. The number of hydrogen-bond acceptors (Lipinski definition) is 7. The predicted octanol–water partition coefficient (Wildman–Crippen LogP) is 3.43. The highest BCUT2D eigenvalue weighted by Gasteiger charge is 2.43. The van der Waals surface area contributed by atoms with E-state index in [2.05, 4.69) is 10.6 Å². The fraction of sp³-hybridized carbons (Fsp3) is 0.615. The van der Waals surface area contributed by atoms with Crippen LogP contribution in [0.2, 0.25) is 0 Å². The maximum absolute atomic E-state index is 13.9. The summed E-state index contributed by atoms with van der Waals surface area (Å²) in [6.45, 7) is 7.36. The second kappa shape index (κ2) is 14.1. The fourth-order valence-corrected chi connectivity index (χ4v) is 4.16. The van der Waals surface area contributed by atoms with Crippen LogP contribution in [0.15, 0.2) is 30.3 Å². The zero-order chi connectivity index (χ0) is 26.7. The molecule has 10 heteroatoms.